The lowest BCUT2D eigenvalue weighted by Crippen LogP contribution is -2.50. The number of fused-ring (bicyclic) bond motifs is 3. The maximum atomic E-state index is 13.1. The summed E-state index contributed by atoms with van der Waals surface area (Å²) < 4.78 is 13.6. The molecule has 7 nitrogen and oxygen atoms in total. The van der Waals surface area contributed by atoms with Gasteiger partial charge in [0.2, 0.25) is 0 Å². The van der Waals surface area contributed by atoms with Crippen LogP contribution in [0.3, 0.4) is 0 Å². The molecule has 2 aliphatic rings. The number of benzene rings is 1. The highest BCUT2D eigenvalue weighted by atomic mass is 16.5. The number of nitrogens with zero attached hydrogens (tertiary/aromatic N) is 4. The van der Waals surface area contributed by atoms with Gasteiger partial charge in [-0.25, -0.2) is 4.68 Å². The molecule has 0 saturated carbocycles. The number of piperidine rings is 1. The van der Waals surface area contributed by atoms with Gasteiger partial charge in [0, 0.05) is 13.1 Å². The van der Waals surface area contributed by atoms with Gasteiger partial charge in [-0.1, -0.05) is 24.3 Å². The molecule has 0 radical (unpaired) electrons. The molecule has 4 rings (SSSR count). The van der Waals surface area contributed by atoms with Crippen LogP contribution in [0.4, 0.5) is 0 Å². The van der Waals surface area contributed by atoms with Gasteiger partial charge in [-0.3, -0.25) is 4.79 Å². The van der Waals surface area contributed by atoms with Crippen molar-refractivity contribution in [2.45, 2.75) is 38.5 Å². The summed E-state index contributed by atoms with van der Waals surface area (Å²) >= 11 is 0. The third-order valence-corrected chi connectivity index (χ3v) is 4.79. The van der Waals surface area contributed by atoms with Crippen LogP contribution in [0.2, 0.25) is 0 Å². The largest absolute Gasteiger partial charge is 0.493 e. The van der Waals surface area contributed by atoms with E-state index in [-0.39, 0.29) is 18.1 Å². The summed E-state index contributed by atoms with van der Waals surface area (Å²) in [5, 5.41) is 8.17. The van der Waals surface area contributed by atoms with E-state index in [1.165, 1.54) is 0 Å². The molecule has 2 aliphatic heterocycles. The van der Waals surface area contributed by atoms with E-state index < -0.39 is 0 Å². The number of hydrogen-bond acceptors (Lipinski definition) is 5. The van der Waals surface area contributed by atoms with Crippen molar-refractivity contribution in [3.8, 4) is 5.75 Å². The minimum Gasteiger partial charge on any atom is -0.493 e. The van der Waals surface area contributed by atoms with E-state index in [1.54, 1.807) is 6.20 Å². The Labute approximate surface area is 146 Å². The zero-order valence-corrected chi connectivity index (χ0v) is 14.3. The standard InChI is InChI=1S/C18H22N4O3/c1-2-9-24-16-6-4-3-5-14(16)18(23)21-8-7-17-15(11-21)22-13(12-25-17)10-19-20-22/h3-6,10,15,17H,2,7-9,11-12H2,1H3/t15-,17-/m1/s1. The Morgan fingerprint density at radius 2 is 2.28 bits per heavy atom. The van der Waals surface area contributed by atoms with Crippen molar-refractivity contribution in [1.29, 1.82) is 0 Å². The van der Waals surface area contributed by atoms with E-state index >= 15 is 0 Å². The molecule has 1 aromatic carbocycles. The fourth-order valence-electron chi connectivity index (χ4n) is 3.52. The van der Waals surface area contributed by atoms with Gasteiger partial charge in [0.05, 0.1) is 42.8 Å². The molecule has 1 aromatic heterocycles. The average Bonchev–Trinajstić information content (AvgIpc) is 3.15. The van der Waals surface area contributed by atoms with Gasteiger partial charge in [-0.05, 0) is 25.0 Å². The van der Waals surface area contributed by atoms with Crippen LogP contribution in [0.15, 0.2) is 30.5 Å². The summed E-state index contributed by atoms with van der Waals surface area (Å²) in [7, 11) is 0. The molecular weight excluding hydrogens is 320 g/mol. The molecule has 132 valence electrons. The molecule has 0 unspecified atom stereocenters. The first-order valence-electron chi connectivity index (χ1n) is 8.79. The zero-order chi connectivity index (χ0) is 17.2. The van der Waals surface area contributed by atoms with Gasteiger partial charge in [-0.15, -0.1) is 5.10 Å². The second-order valence-corrected chi connectivity index (χ2v) is 6.47. The summed E-state index contributed by atoms with van der Waals surface area (Å²) in [4.78, 5) is 14.9. The fraction of sp³-hybridized carbons (Fsp3) is 0.500. The summed E-state index contributed by atoms with van der Waals surface area (Å²) in [6.45, 7) is 4.43. The Morgan fingerprint density at radius 1 is 1.40 bits per heavy atom. The third-order valence-electron chi connectivity index (χ3n) is 4.79. The van der Waals surface area contributed by atoms with Gasteiger partial charge >= 0.3 is 0 Å². The lowest BCUT2D eigenvalue weighted by molar-refractivity contribution is -0.0605. The summed E-state index contributed by atoms with van der Waals surface area (Å²) in [5.74, 6) is 0.648. The normalized spacial score (nSPS) is 22.2. The van der Waals surface area contributed by atoms with Crippen LogP contribution in [0, 0.1) is 0 Å². The van der Waals surface area contributed by atoms with Gasteiger partial charge in [0.15, 0.2) is 0 Å². The van der Waals surface area contributed by atoms with Crippen molar-refractivity contribution >= 4 is 5.91 Å². The van der Waals surface area contributed by atoms with E-state index in [2.05, 4.69) is 10.3 Å². The first kappa shape index (κ1) is 16.1. The molecule has 0 bridgehead atoms. The lowest BCUT2D eigenvalue weighted by atomic mass is 9.99. The number of para-hydroxylation sites is 1. The molecule has 7 heteroatoms. The van der Waals surface area contributed by atoms with E-state index in [4.69, 9.17) is 9.47 Å². The molecule has 1 amide bonds. The number of rotatable bonds is 4. The predicted octanol–water partition coefficient (Wildman–Crippen LogP) is 2.05. The van der Waals surface area contributed by atoms with Gasteiger partial charge in [0.1, 0.15) is 5.75 Å². The molecule has 0 aliphatic carbocycles. The van der Waals surface area contributed by atoms with Crippen LogP contribution in [0.25, 0.3) is 0 Å². The SMILES string of the molecule is CCCOc1ccccc1C(=O)N1CC[C@H]2OCc3cnnn3[C@@H]2C1. The highest BCUT2D eigenvalue weighted by Gasteiger charge is 2.38. The van der Waals surface area contributed by atoms with Gasteiger partial charge in [0.25, 0.3) is 5.91 Å². The maximum Gasteiger partial charge on any atom is 0.257 e. The van der Waals surface area contributed by atoms with Crippen molar-refractivity contribution in [2.24, 2.45) is 0 Å². The van der Waals surface area contributed by atoms with E-state index in [9.17, 15) is 4.79 Å². The Kier molecular flexibility index (Phi) is 4.40. The van der Waals surface area contributed by atoms with Crippen LogP contribution in [-0.4, -0.2) is 51.6 Å². The van der Waals surface area contributed by atoms with Crippen LogP contribution in [0.1, 0.15) is 41.9 Å². The Bertz CT molecular complexity index is 760. The summed E-state index contributed by atoms with van der Waals surface area (Å²) in [6, 6.07) is 7.47. The lowest BCUT2D eigenvalue weighted by Gasteiger charge is -2.41. The number of amides is 1. The zero-order valence-electron chi connectivity index (χ0n) is 14.3. The minimum absolute atomic E-state index is 0.00241. The minimum atomic E-state index is -0.00241. The number of hydrogen-bond donors (Lipinski definition) is 0. The molecule has 2 atom stereocenters. The number of carbonyl (C=O) groups excluding carboxylic acids is 1. The number of likely N-dealkylation sites (tertiary alicyclic amines) is 1. The summed E-state index contributed by atoms with van der Waals surface area (Å²) in [5.41, 5.74) is 1.58. The van der Waals surface area contributed by atoms with Crippen LogP contribution in [-0.2, 0) is 11.3 Å². The Balaban J connectivity index is 1.55. The summed E-state index contributed by atoms with van der Waals surface area (Å²) in [6.07, 6.45) is 3.52. The highest BCUT2D eigenvalue weighted by Crippen LogP contribution is 2.31. The number of ether oxygens (including phenoxy) is 2. The molecule has 25 heavy (non-hydrogen) atoms. The highest BCUT2D eigenvalue weighted by molar-refractivity contribution is 5.97. The van der Waals surface area contributed by atoms with E-state index in [1.807, 2.05) is 40.8 Å². The molecule has 2 aromatic rings. The van der Waals surface area contributed by atoms with Gasteiger partial charge < -0.3 is 14.4 Å². The first-order chi connectivity index (χ1) is 12.3. The molecule has 1 fully saturated rings. The maximum absolute atomic E-state index is 13.1. The van der Waals surface area contributed by atoms with Crippen molar-refractivity contribution in [3.05, 3.63) is 41.7 Å². The fourth-order valence-corrected chi connectivity index (χ4v) is 3.52. The van der Waals surface area contributed by atoms with Crippen molar-refractivity contribution in [1.82, 2.24) is 19.9 Å². The van der Waals surface area contributed by atoms with Crippen molar-refractivity contribution < 1.29 is 14.3 Å². The number of aromatic nitrogens is 3. The number of carbonyl (C=O) groups is 1. The van der Waals surface area contributed by atoms with Crippen molar-refractivity contribution in [2.75, 3.05) is 19.7 Å². The second-order valence-electron chi connectivity index (χ2n) is 6.47. The molecule has 3 heterocycles. The Morgan fingerprint density at radius 3 is 3.16 bits per heavy atom. The van der Waals surface area contributed by atoms with Crippen LogP contribution in [0.5, 0.6) is 5.75 Å². The Hall–Kier alpha value is -2.41. The second kappa shape index (κ2) is 6.84. The smallest absolute Gasteiger partial charge is 0.257 e. The van der Waals surface area contributed by atoms with Crippen molar-refractivity contribution in [3.63, 3.8) is 0 Å². The average molecular weight is 342 g/mol. The third kappa shape index (κ3) is 3.00. The monoisotopic (exact) mass is 342 g/mol. The quantitative estimate of drug-likeness (QED) is 0.850. The van der Waals surface area contributed by atoms with E-state index in [0.29, 0.717) is 37.6 Å². The topological polar surface area (TPSA) is 69.5 Å². The first-order valence-corrected chi connectivity index (χ1v) is 8.79. The molecule has 0 N–H and O–H groups in total. The van der Waals surface area contributed by atoms with E-state index in [0.717, 1.165) is 18.5 Å². The van der Waals surface area contributed by atoms with Gasteiger partial charge in [-0.2, -0.15) is 0 Å². The molecular formula is C18H22N4O3. The predicted molar refractivity (Wildman–Crippen MR) is 90.4 cm³/mol. The van der Waals surface area contributed by atoms with Crippen LogP contribution < -0.4 is 4.74 Å². The molecule has 0 spiro atoms. The van der Waals surface area contributed by atoms with Crippen LogP contribution >= 0.6 is 0 Å². The molecule has 1 saturated heterocycles.